The Bertz CT molecular complexity index is 1190. The molecule has 1 aromatic rings. The number of carboxylic acid groups (broad SMARTS) is 2. The van der Waals surface area contributed by atoms with Gasteiger partial charge in [-0.15, -0.1) is 0 Å². The number of carbonyl (C=O) groups is 3. The van der Waals surface area contributed by atoms with E-state index in [1.54, 1.807) is 67.4 Å². The molecule has 0 radical (unpaired) electrons. The minimum atomic E-state index is -4.15. The van der Waals surface area contributed by atoms with E-state index in [1.807, 2.05) is 0 Å². The number of nitrogens with zero attached hydrogens (tertiary/aromatic N) is 1. The van der Waals surface area contributed by atoms with Crippen LogP contribution in [-0.2, 0) is 37.7 Å². The van der Waals surface area contributed by atoms with Crippen molar-refractivity contribution in [3.63, 3.8) is 0 Å². The summed E-state index contributed by atoms with van der Waals surface area (Å²) in [5.74, 6) is -3.32. The van der Waals surface area contributed by atoms with Gasteiger partial charge >= 0.3 is 13.7 Å². The van der Waals surface area contributed by atoms with Crippen LogP contribution < -0.4 is 15.3 Å². The molecule has 1 amide bonds. The Morgan fingerprint density at radius 3 is 2.42 bits per heavy atom. The first-order valence-corrected chi connectivity index (χ1v) is 13.9. The average Bonchev–Trinajstić information content (AvgIpc) is 3.35. The molecule has 0 aliphatic carbocycles. The molecular formula is C25H34N3O11P. The van der Waals surface area contributed by atoms with Crippen molar-refractivity contribution >= 4 is 25.6 Å². The van der Waals surface area contributed by atoms with Crippen molar-refractivity contribution < 1.29 is 52.4 Å². The number of ether oxygens (including phenoxy) is 3. The molecule has 3 heterocycles. The molecular weight excluding hydrogens is 549 g/mol. The smallest absolute Gasteiger partial charge is 0.459 e. The van der Waals surface area contributed by atoms with Gasteiger partial charge in [0.25, 0.3) is 5.97 Å². The van der Waals surface area contributed by atoms with Crippen LogP contribution in [0.25, 0.3) is 0 Å². The summed E-state index contributed by atoms with van der Waals surface area (Å²) in [4.78, 5) is 33.8. The van der Waals surface area contributed by atoms with Crippen molar-refractivity contribution in [3.8, 4) is 5.75 Å². The third kappa shape index (κ3) is 8.37. The standard InChI is InChI=1S/C23H30N3O9P.C2H4O2/c1-14(22(28)29)25-36(30,35-16-9-5-4-6-10-16)31-13-17-18-19(34-23(2,3)33-18)21(32-17)26-11-7-8-15(12-26)20(24)27;1-2(3)4/h4-10,12,14,17-19,21H,11,13H2,1-3H3,(H2,24,27)(H,25,30)(H,28,29);1H3,(H,3,4)/t14-,17?,18+,19+,21+,36?;/m0./s1. The molecule has 3 aliphatic heterocycles. The van der Waals surface area contributed by atoms with E-state index in [9.17, 15) is 19.3 Å². The van der Waals surface area contributed by atoms with Gasteiger partial charge in [-0.3, -0.25) is 18.9 Å². The number of benzene rings is 1. The van der Waals surface area contributed by atoms with Gasteiger partial charge in [-0.1, -0.05) is 30.4 Å². The second-order valence-electron chi connectivity index (χ2n) is 9.58. The van der Waals surface area contributed by atoms with Crippen LogP contribution >= 0.6 is 7.75 Å². The zero-order valence-electron chi connectivity index (χ0n) is 22.5. The fourth-order valence-corrected chi connectivity index (χ4v) is 5.64. The molecule has 2 saturated heterocycles. The summed E-state index contributed by atoms with van der Waals surface area (Å²) in [6, 6.07) is 7.05. The molecule has 2 fully saturated rings. The number of para-hydroxylation sites is 1. The van der Waals surface area contributed by atoms with Gasteiger partial charge in [0, 0.05) is 19.7 Å². The zero-order valence-corrected chi connectivity index (χ0v) is 23.4. The van der Waals surface area contributed by atoms with E-state index in [1.165, 1.54) is 6.92 Å². The first kappa shape index (κ1) is 31.3. The summed E-state index contributed by atoms with van der Waals surface area (Å²) >= 11 is 0. The maximum Gasteiger partial charge on any atom is 0.459 e. The number of rotatable bonds is 10. The highest BCUT2D eigenvalue weighted by Crippen LogP contribution is 2.47. The zero-order chi connectivity index (χ0) is 29.7. The summed E-state index contributed by atoms with van der Waals surface area (Å²) in [6.07, 6.45) is 2.48. The Kier molecular flexibility index (Phi) is 10.1. The molecule has 4 rings (SSSR count). The highest BCUT2D eigenvalue weighted by Gasteiger charge is 2.57. The molecule has 6 atom stereocenters. The van der Waals surface area contributed by atoms with E-state index in [-0.39, 0.29) is 12.4 Å². The van der Waals surface area contributed by atoms with Crippen molar-refractivity contribution in [2.75, 3.05) is 13.2 Å². The molecule has 15 heteroatoms. The number of hydrogen-bond acceptors (Lipinski definition) is 10. The maximum absolute atomic E-state index is 13.5. The number of hydrogen-bond donors (Lipinski definition) is 4. The topological polar surface area (TPSA) is 196 Å². The van der Waals surface area contributed by atoms with E-state index in [2.05, 4.69) is 5.09 Å². The quantitative estimate of drug-likeness (QED) is 0.291. The third-order valence-electron chi connectivity index (χ3n) is 5.75. The van der Waals surface area contributed by atoms with Crippen molar-refractivity contribution in [1.82, 2.24) is 9.99 Å². The number of aliphatic carboxylic acids is 2. The Morgan fingerprint density at radius 1 is 1.20 bits per heavy atom. The van der Waals surface area contributed by atoms with E-state index in [0.717, 1.165) is 6.92 Å². The van der Waals surface area contributed by atoms with Gasteiger partial charge in [-0.2, -0.15) is 5.09 Å². The van der Waals surface area contributed by atoms with Gasteiger partial charge in [-0.25, -0.2) is 4.57 Å². The van der Waals surface area contributed by atoms with Crippen molar-refractivity contribution in [1.29, 1.82) is 0 Å². The molecule has 2 unspecified atom stereocenters. The predicted octanol–water partition coefficient (Wildman–Crippen LogP) is 1.83. The molecule has 14 nitrogen and oxygen atoms in total. The normalized spacial score (nSPS) is 26.9. The second kappa shape index (κ2) is 12.9. The van der Waals surface area contributed by atoms with E-state index >= 15 is 0 Å². The summed E-state index contributed by atoms with van der Waals surface area (Å²) in [5.41, 5.74) is 5.74. The molecule has 40 heavy (non-hydrogen) atoms. The molecule has 0 aromatic heterocycles. The third-order valence-corrected chi connectivity index (χ3v) is 7.40. The van der Waals surface area contributed by atoms with Crippen molar-refractivity contribution in [2.45, 2.75) is 64.1 Å². The first-order chi connectivity index (χ1) is 18.7. The van der Waals surface area contributed by atoms with Gasteiger partial charge in [-0.05, 0) is 32.9 Å². The summed E-state index contributed by atoms with van der Waals surface area (Å²) < 4.78 is 43.1. The van der Waals surface area contributed by atoms with Gasteiger partial charge < -0.3 is 39.6 Å². The maximum atomic E-state index is 13.5. The van der Waals surface area contributed by atoms with Crippen molar-refractivity contribution in [2.24, 2.45) is 5.73 Å². The van der Waals surface area contributed by atoms with Crippen LogP contribution in [0, 0.1) is 0 Å². The lowest BCUT2D eigenvalue weighted by atomic mass is 10.1. The molecule has 0 bridgehead atoms. The van der Waals surface area contributed by atoms with Gasteiger partial charge in [0.15, 0.2) is 12.0 Å². The number of fused-ring (bicyclic) bond motifs is 1. The number of nitrogens with two attached hydrogens (primary N) is 1. The van der Waals surface area contributed by atoms with Crippen molar-refractivity contribution in [3.05, 3.63) is 54.3 Å². The van der Waals surface area contributed by atoms with E-state index < -0.39 is 62.0 Å². The summed E-state index contributed by atoms with van der Waals surface area (Å²) in [7, 11) is -4.15. The predicted molar refractivity (Wildman–Crippen MR) is 140 cm³/mol. The Morgan fingerprint density at radius 2 is 1.82 bits per heavy atom. The molecule has 220 valence electrons. The Balaban J connectivity index is 0.00000103. The van der Waals surface area contributed by atoms with E-state index in [0.29, 0.717) is 12.1 Å². The SMILES string of the molecule is CC(=O)O.C[C@H](NP(=O)(OCC1O[C@@H](N2C=C(C(N)=O)C=CC2)[C@@H]2OC(C)(C)O[C@H]12)Oc1ccccc1)C(=O)O. The number of carbonyl (C=O) groups excluding carboxylic acids is 1. The number of primary amides is 1. The summed E-state index contributed by atoms with van der Waals surface area (Å²) in [5, 5.41) is 19.2. The fourth-order valence-electron chi connectivity index (χ4n) is 4.13. The minimum Gasteiger partial charge on any atom is -0.481 e. The largest absolute Gasteiger partial charge is 0.481 e. The number of nitrogens with one attached hydrogen (secondary N) is 1. The van der Waals surface area contributed by atoms with Crippen LogP contribution in [0.15, 0.2) is 54.3 Å². The molecule has 5 N–H and O–H groups in total. The lowest BCUT2D eigenvalue weighted by molar-refractivity contribution is -0.203. The van der Waals surface area contributed by atoms with Gasteiger partial charge in [0.05, 0.1) is 12.2 Å². The first-order valence-electron chi connectivity index (χ1n) is 12.3. The highest BCUT2D eigenvalue weighted by atomic mass is 31.2. The second-order valence-corrected chi connectivity index (χ2v) is 11.3. The van der Waals surface area contributed by atoms with Crippen LogP contribution in [-0.4, -0.2) is 82.5 Å². The van der Waals surface area contributed by atoms with Gasteiger partial charge in [0.1, 0.15) is 30.1 Å². The van der Waals surface area contributed by atoms with Gasteiger partial charge in [0.2, 0.25) is 5.91 Å². The van der Waals surface area contributed by atoms with Crippen LogP contribution in [0.2, 0.25) is 0 Å². The Hall–Kier alpha value is -3.26. The summed E-state index contributed by atoms with van der Waals surface area (Å²) in [6.45, 7) is 6.13. The lowest BCUT2D eigenvalue weighted by Gasteiger charge is -2.32. The molecule has 3 aliphatic rings. The number of amides is 1. The lowest BCUT2D eigenvalue weighted by Crippen LogP contribution is -2.42. The molecule has 1 aromatic carbocycles. The molecule has 0 saturated carbocycles. The van der Waals surface area contributed by atoms with Crippen LogP contribution in [0.1, 0.15) is 27.7 Å². The Labute approximate surface area is 231 Å². The monoisotopic (exact) mass is 583 g/mol. The van der Waals surface area contributed by atoms with Crippen LogP contribution in [0.3, 0.4) is 0 Å². The average molecular weight is 584 g/mol. The van der Waals surface area contributed by atoms with Crippen LogP contribution in [0.5, 0.6) is 5.75 Å². The van der Waals surface area contributed by atoms with E-state index in [4.69, 9.17) is 38.9 Å². The van der Waals surface area contributed by atoms with Crippen LogP contribution in [0.4, 0.5) is 0 Å². The molecule has 0 spiro atoms. The number of carboxylic acids is 2. The fraction of sp³-hybridized carbons (Fsp3) is 0.480. The highest BCUT2D eigenvalue weighted by molar-refractivity contribution is 7.52. The minimum absolute atomic E-state index is 0.236.